The molecule has 0 bridgehead atoms. The Hall–Kier alpha value is -1.49. The molecule has 0 radical (unpaired) electrons. The van der Waals surface area contributed by atoms with Crippen molar-refractivity contribution in [2.45, 2.75) is 31.4 Å². The summed E-state index contributed by atoms with van der Waals surface area (Å²) in [5.41, 5.74) is 2.21. The monoisotopic (exact) mass is 363 g/mol. The number of carbonyl (C=O) groups excluding carboxylic acids is 1. The second kappa shape index (κ2) is 10.4. The number of carbonyl (C=O) groups is 1. The molecule has 2 aromatic rings. The van der Waals surface area contributed by atoms with Gasteiger partial charge in [0.1, 0.15) is 0 Å². The summed E-state index contributed by atoms with van der Waals surface area (Å²) in [5.74, 6) is 0.747. The smallest absolute Gasteiger partial charge is 0.221 e. The minimum absolute atomic E-state index is 0.0424. The minimum atomic E-state index is 0.0424. The van der Waals surface area contributed by atoms with Gasteiger partial charge < -0.3 is 10.1 Å². The van der Waals surface area contributed by atoms with E-state index >= 15 is 0 Å². The van der Waals surface area contributed by atoms with Crippen LogP contribution in [0.4, 0.5) is 0 Å². The van der Waals surface area contributed by atoms with Crippen LogP contribution in [0.1, 0.15) is 24.5 Å². The number of halogens is 1. The van der Waals surface area contributed by atoms with E-state index < -0.39 is 0 Å². The summed E-state index contributed by atoms with van der Waals surface area (Å²) >= 11 is 7.71. The molecule has 3 nitrogen and oxygen atoms in total. The van der Waals surface area contributed by atoms with Gasteiger partial charge in [-0.2, -0.15) is 0 Å². The van der Waals surface area contributed by atoms with Crippen LogP contribution in [0.25, 0.3) is 0 Å². The lowest BCUT2D eigenvalue weighted by Gasteiger charge is -2.11. The molecule has 0 aliphatic rings. The summed E-state index contributed by atoms with van der Waals surface area (Å²) < 4.78 is 5.46. The molecule has 0 unspecified atom stereocenters. The zero-order valence-corrected chi connectivity index (χ0v) is 15.3. The van der Waals surface area contributed by atoms with Crippen molar-refractivity contribution in [3.63, 3.8) is 0 Å². The van der Waals surface area contributed by atoms with E-state index in [-0.39, 0.29) is 5.91 Å². The van der Waals surface area contributed by atoms with Crippen molar-refractivity contribution in [2.24, 2.45) is 0 Å². The Labute approximate surface area is 152 Å². The molecule has 0 spiro atoms. The van der Waals surface area contributed by atoms with Crippen molar-refractivity contribution >= 4 is 29.3 Å². The molecule has 0 aliphatic heterocycles. The van der Waals surface area contributed by atoms with Gasteiger partial charge in [-0.05, 0) is 30.2 Å². The third-order valence-corrected chi connectivity index (χ3v) is 5.00. The topological polar surface area (TPSA) is 38.3 Å². The quantitative estimate of drug-likeness (QED) is 0.657. The zero-order valence-electron chi connectivity index (χ0n) is 13.8. The van der Waals surface area contributed by atoms with Crippen molar-refractivity contribution in [1.29, 1.82) is 0 Å². The highest BCUT2D eigenvalue weighted by Crippen LogP contribution is 2.26. The molecule has 0 aliphatic carbocycles. The van der Waals surface area contributed by atoms with E-state index in [0.29, 0.717) is 31.9 Å². The van der Waals surface area contributed by atoms with E-state index in [1.807, 2.05) is 55.5 Å². The van der Waals surface area contributed by atoms with E-state index in [2.05, 4.69) is 5.32 Å². The van der Waals surface area contributed by atoms with Gasteiger partial charge >= 0.3 is 0 Å². The Kier molecular flexibility index (Phi) is 8.16. The Bertz CT molecular complexity index is 663. The van der Waals surface area contributed by atoms with E-state index in [1.165, 1.54) is 0 Å². The molecule has 0 saturated heterocycles. The average molecular weight is 364 g/mol. The van der Waals surface area contributed by atoms with Crippen LogP contribution in [-0.4, -0.2) is 18.3 Å². The van der Waals surface area contributed by atoms with E-state index in [0.717, 1.165) is 21.0 Å². The summed E-state index contributed by atoms with van der Waals surface area (Å²) in [7, 11) is 0. The molecule has 1 amide bonds. The lowest BCUT2D eigenvalue weighted by molar-refractivity contribution is -0.120. The summed E-state index contributed by atoms with van der Waals surface area (Å²) in [5, 5.41) is 3.71. The number of nitrogens with one attached hydrogen (secondary N) is 1. The van der Waals surface area contributed by atoms with Crippen molar-refractivity contribution in [2.75, 3.05) is 12.4 Å². The summed E-state index contributed by atoms with van der Waals surface area (Å²) in [6, 6.07) is 15.7. The van der Waals surface area contributed by atoms with Gasteiger partial charge in [0.25, 0.3) is 0 Å². The molecule has 128 valence electrons. The molecule has 0 fully saturated rings. The van der Waals surface area contributed by atoms with Crippen LogP contribution in [0.3, 0.4) is 0 Å². The number of rotatable bonds is 9. The molecule has 0 aromatic heterocycles. The zero-order chi connectivity index (χ0) is 17.2. The highest BCUT2D eigenvalue weighted by atomic mass is 35.5. The van der Waals surface area contributed by atoms with Gasteiger partial charge in [-0.15, -0.1) is 11.8 Å². The third kappa shape index (κ3) is 6.19. The lowest BCUT2D eigenvalue weighted by Crippen LogP contribution is -2.23. The Balaban J connectivity index is 1.76. The van der Waals surface area contributed by atoms with Crippen molar-refractivity contribution in [1.82, 2.24) is 5.32 Å². The average Bonchev–Trinajstić information content (AvgIpc) is 2.60. The van der Waals surface area contributed by atoms with E-state index in [4.69, 9.17) is 16.3 Å². The lowest BCUT2D eigenvalue weighted by atomic mass is 10.1. The van der Waals surface area contributed by atoms with E-state index in [1.54, 1.807) is 11.8 Å². The fraction of sp³-hybridized carbons (Fsp3) is 0.316. The molecule has 2 rings (SSSR count). The number of amides is 1. The molecule has 2 aromatic carbocycles. The molecule has 0 heterocycles. The van der Waals surface area contributed by atoms with Crippen LogP contribution in [-0.2, 0) is 22.7 Å². The largest absolute Gasteiger partial charge is 0.377 e. The van der Waals surface area contributed by atoms with Crippen LogP contribution >= 0.6 is 23.4 Å². The van der Waals surface area contributed by atoms with Crippen LogP contribution in [0.15, 0.2) is 53.4 Å². The molecule has 0 saturated carbocycles. The van der Waals surface area contributed by atoms with Crippen LogP contribution in [0.2, 0.25) is 5.02 Å². The third-order valence-electron chi connectivity index (χ3n) is 3.48. The van der Waals surface area contributed by atoms with E-state index in [9.17, 15) is 4.79 Å². The second-order valence-electron chi connectivity index (χ2n) is 5.21. The molecule has 1 N–H and O–H groups in total. The first-order valence-electron chi connectivity index (χ1n) is 7.99. The van der Waals surface area contributed by atoms with Crippen molar-refractivity contribution in [3.8, 4) is 0 Å². The van der Waals surface area contributed by atoms with Gasteiger partial charge in [0.05, 0.1) is 11.6 Å². The molecular weight excluding hydrogens is 342 g/mol. The van der Waals surface area contributed by atoms with Gasteiger partial charge in [-0.3, -0.25) is 4.79 Å². The molecule has 5 heteroatoms. The highest BCUT2D eigenvalue weighted by Gasteiger charge is 2.06. The van der Waals surface area contributed by atoms with Gasteiger partial charge in [0, 0.05) is 30.2 Å². The van der Waals surface area contributed by atoms with Crippen molar-refractivity contribution in [3.05, 3.63) is 64.7 Å². The predicted molar refractivity (Wildman–Crippen MR) is 100 cm³/mol. The minimum Gasteiger partial charge on any atom is -0.377 e. The highest BCUT2D eigenvalue weighted by molar-refractivity contribution is 7.99. The van der Waals surface area contributed by atoms with Gasteiger partial charge in [0.2, 0.25) is 5.91 Å². The first-order valence-corrected chi connectivity index (χ1v) is 9.35. The van der Waals surface area contributed by atoms with Crippen LogP contribution in [0, 0.1) is 0 Å². The van der Waals surface area contributed by atoms with Crippen LogP contribution < -0.4 is 5.32 Å². The fourth-order valence-electron chi connectivity index (χ4n) is 2.18. The van der Waals surface area contributed by atoms with Gasteiger partial charge in [-0.1, -0.05) is 48.0 Å². The van der Waals surface area contributed by atoms with Crippen LogP contribution in [0.5, 0.6) is 0 Å². The maximum absolute atomic E-state index is 12.0. The molecular formula is C19H22ClNO2S. The standard InChI is InChI=1S/C19H22ClNO2S/c1-2-23-14-16-8-4-3-7-15(16)13-21-19(22)11-12-24-18-10-6-5-9-17(18)20/h3-10H,2,11-14H2,1H3,(H,21,22). The number of hydrogen-bond donors (Lipinski definition) is 1. The Morgan fingerprint density at radius 1 is 1.12 bits per heavy atom. The second-order valence-corrected chi connectivity index (χ2v) is 6.76. The number of thioether (sulfide) groups is 1. The number of ether oxygens (including phenoxy) is 1. The molecule has 24 heavy (non-hydrogen) atoms. The summed E-state index contributed by atoms with van der Waals surface area (Å²) in [6.45, 7) is 3.75. The Morgan fingerprint density at radius 3 is 2.58 bits per heavy atom. The van der Waals surface area contributed by atoms with Gasteiger partial charge in [0.15, 0.2) is 0 Å². The van der Waals surface area contributed by atoms with Crippen molar-refractivity contribution < 1.29 is 9.53 Å². The number of benzene rings is 2. The first-order chi connectivity index (χ1) is 11.7. The molecule has 0 atom stereocenters. The Morgan fingerprint density at radius 2 is 1.83 bits per heavy atom. The maximum atomic E-state index is 12.0. The SMILES string of the molecule is CCOCc1ccccc1CNC(=O)CCSc1ccccc1Cl. The summed E-state index contributed by atoms with van der Waals surface area (Å²) in [6.07, 6.45) is 0.462. The fourth-order valence-corrected chi connectivity index (χ4v) is 3.37. The summed E-state index contributed by atoms with van der Waals surface area (Å²) in [4.78, 5) is 13.0. The first kappa shape index (κ1) is 18.8. The number of hydrogen-bond acceptors (Lipinski definition) is 3. The van der Waals surface area contributed by atoms with Gasteiger partial charge in [-0.25, -0.2) is 0 Å². The maximum Gasteiger partial charge on any atom is 0.221 e. The normalized spacial score (nSPS) is 10.6. The predicted octanol–water partition coefficient (Wildman–Crippen LogP) is 4.68.